The molecule has 0 radical (unpaired) electrons. The highest BCUT2D eigenvalue weighted by atomic mass is 79.9. The topological polar surface area (TPSA) is 112 Å². The molecule has 9 aromatic rings. The van der Waals surface area contributed by atoms with Crippen molar-refractivity contribution >= 4 is 43.4 Å². The molecule has 1 aromatic heterocycles. The fourth-order valence-electron chi connectivity index (χ4n) is 6.85. The second-order valence-corrected chi connectivity index (χ2v) is 16.5. The predicted molar refractivity (Wildman–Crippen MR) is 274 cm³/mol. The second kappa shape index (κ2) is 23.7. The fourth-order valence-corrected chi connectivity index (χ4v) is 7.38. The molecule has 0 aliphatic heterocycles. The lowest BCUT2D eigenvalue weighted by Crippen LogP contribution is -2.26. The molecule has 0 aliphatic carbocycles. The lowest BCUT2D eigenvalue weighted by atomic mass is 9.95. The van der Waals surface area contributed by atoms with E-state index in [2.05, 4.69) is 80.4 Å². The minimum absolute atomic E-state index is 0. The van der Waals surface area contributed by atoms with Crippen molar-refractivity contribution in [1.82, 2.24) is 9.97 Å². The Hall–Kier alpha value is -6.94. The molecule has 1 heterocycles. The molecule has 8 aromatic carbocycles. The number of benzene rings is 8. The molecule has 0 amide bonds. The summed E-state index contributed by atoms with van der Waals surface area (Å²) >= 11 is 6.82. The lowest BCUT2D eigenvalue weighted by molar-refractivity contribution is 0.0817. The van der Waals surface area contributed by atoms with Gasteiger partial charge >= 0.3 is 0 Å². The van der Waals surface area contributed by atoms with Crippen LogP contribution in [0.1, 0.15) is 51.4 Å². The van der Waals surface area contributed by atoms with Gasteiger partial charge in [0.1, 0.15) is 0 Å². The zero-order valence-electron chi connectivity index (χ0n) is 34.7. The maximum absolute atomic E-state index is 11.9. The van der Waals surface area contributed by atoms with Gasteiger partial charge in [0.2, 0.25) is 11.6 Å². The van der Waals surface area contributed by atoms with Gasteiger partial charge in [0.25, 0.3) is 0 Å². The third kappa shape index (κ3) is 12.6. The minimum Gasteiger partial charge on any atom is -0.322 e. The number of nitrogens with two attached hydrogens (primary N) is 2. The fraction of sp³-hybridized carbons (Fsp3) is 0.0526. The van der Waals surface area contributed by atoms with E-state index < -0.39 is 11.6 Å². The first-order valence-corrected chi connectivity index (χ1v) is 22.2. The second-order valence-electron chi connectivity index (χ2n) is 14.6. The molecule has 4 N–H and O–H groups in total. The van der Waals surface area contributed by atoms with Gasteiger partial charge in [0, 0.05) is 54.4 Å². The van der Waals surface area contributed by atoms with E-state index in [4.69, 9.17) is 21.4 Å². The Morgan fingerprint density at radius 3 is 0.908 bits per heavy atom. The standard InChI is InChI=1S/C28H19BrN2.C14H9BrO2.C14H16N2.CH4/c29-24-18-16-23(17-19-24)28-27(22-14-8-3-9-15-22)30-25(20-10-4-1-5-11-20)26(31-28)21-12-6-2-7-13-21;15-12-8-6-11(7-9-12)14(17)13(16)10-4-2-1-3-5-10;15-13(11-7-3-1-4-8-11)14(16)12-9-5-2-6-10-12;/h1-19H;1-9H;1-10,13-14H,15-16H2;1H4. The van der Waals surface area contributed by atoms with Crippen molar-refractivity contribution in [2.45, 2.75) is 19.5 Å². The van der Waals surface area contributed by atoms with Gasteiger partial charge in [0.15, 0.2) is 0 Å². The number of halogens is 2. The summed E-state index contributed by atoms with van der Waals surface area (Å²) in [5, 5.41) is 0. The first kappa shape index (κ1) is 47.5. The summed E-state index contributed by atoms with van der Waals surface area (Å²) in [5.74, 6) is -0.961. The highest BCUT2D eigenvalue weighted by molar-refractivity contribution is 9.10. The van der Waals surface area contributed by atoms with Crippen LogP contribution in [-0.4, -0.2) is 21.5 Å². The van der Waals surface area contributed by atoms with Gasteiger partial charge in [-0.05, 0) is 47.5 Å². The van der Waals surface area contributed by atoms with E-state index in [0.29, 0.717) is 11.1 Å². The Kier molecular flexibility index (Phi) is 17.3. The summed E-state index contributed by atoms with van der Waals surface area (Å²) in [6.07, 6.45) is 0. The summed E-state index contributed by atoms with van der Waals surface area (Å²) < 4.78 is 1.91. The van der Waals surface area contributed by atoms with E-state index in [1.165, 1.54) is 0 Å². The van der Waals surface area contributed by atoms with Crippen LogP contribution >= 0.6 is 31.9 Å². The Labute approximate surface area is 398 Å². The molecule has 0 bridgehead atoms. The molecule has 9 rings (SSSR count). The highest BCUT2D eigenvalue weighted by Gasteiger charge is 2.20. The molecule has 0 fully saturated rings. The van der Waals surface area contributed by atoms with Crippen LogP contribution in [0.2, 0.25) is 0 Å². The SMILES string of the molecule is Brc1ccc(-c2nc(-c3ccccc3)c(-c3ccccc3)nc2-c2ccccc2)cc1.C.NC(c1ccccc1)C(N)c1ccccc1.O=C(C(=O)c1ccc(Br)cc1)c1ccccc1. The molecule has 0 saturated carbocycles. The zero-order valence-corrected chi connectivity index (χ0v) is 37.9. The molecule has 2 unspecified atom stereocenters. The largest absolute Gasteiger partial charge is 0.322 e. The maximum Gasteiger partial charge on any atom is 0.233 e. The van der Waals surface area contributed by atoms with Gasteiger partial charge in [-0.15, -0.1) is 0 Å². The van der Waals surface area contributed by atoms with Crippen LogP contribution in [0.4, 0.5) is 0 Å². The number of Topliss-reactive ketones (excluding diaryl/α,β-unsaturated/α-hetero) is 2. The average molecular weight is 981 g/mol. The minimum atomic E-state index is -0.483. The van der Waals surface area contributed by atoms with E-state index in [0.717, 1.165) is 65.1 Å². The van der Waals surface area contributed by atoms with Crippen LogP contribution in [0.5, 0.6) is 0 Å². The molecule has 0 aliphatic rings. The Morgan fingerprint density at radius 2 is 0.585 bits per heavy atom. The average Bonchev–Trinajstić information content (AvgIpc) is 3.37. The quantitative estimate of drug-likeness (QED) is 0.104. The first-order chi connectivity index (χ1) is 31.3. The Morgan fingerprint density at radius 1 is 0.338 bits per heavy atom. The summed E-state index contributed by atoms with van der Waals surface area (Å²) in [4.78, 5) is 34.2. The summed E-state index contributed by atoms with van der Waals surface area (Å²) in [6.45, 7) is 0. The van der Waals surface area contributed by atoms with Gasteiger partial charge < -0.3 is 11.5 Å². The third-order valence-electron chi connectivity index (χ3n) is 10.3. The summed E-state index contributed by atoms with van der Waals surface area (Å²) in [5.41, 5.74) is 22.9. The van der Waals surface area contributed by atoms with Gasteiger partial charge in [-0.3, -0.25) is 9.59 Å². The molecule has 6 nitrogen and oxygen atoms in total. The Balaban J connectivity index is 0.000000175. The number of carbonyl (C=O) groups excluding carboxylic acids is 2. The van der Waals surface area contributed by atoms with Gasteiger partial charge in [-0.1, -0.05) is 233 Å². The van der Waals surface area contributed by atoms with E-state index >= 15 is 0 Å². The molecule has 322 valence electrons. The first-order valence-electron chi connectivity index (χ1n) is 20.6. The van der Waals surface area contributed by atoms with Gasteiger partial charge in [0.05, 0.1) is 22.8 Å². The number of aromatic nitrogens is 2. The molecular formula is C57H48Br2N4O2. The van der Waals surface area contributed by atoms with E-state index in [-0.39, 0.29) is 19.5 Å². The maximum atomic E-state index is 11.9. The predicted octanol–water partition coefficient (Wildman–Crippen LogP) is 14.4. The number of nitrogens with zero attached hydrogens (tertiary/aromatic N) is 2. The van der Waals surface area contributed by atoms with Crippen molar-refractivity contribution < 1.29 is 9.59 Å². The molecular weight excluding hydrogens is 932 g/mol. The normalized spacial score (nSPS) is 11.3. The highest BCUT2D eigenvalue weighted by Crippen LogP contribution is 2.37. The molecule has 2 atom stereocenters. The smallest absolute Gasteiger partial charge is 0.233 e. The van der Waals surface area contributed by atoms with Crippen LogP contribution in [-0.2, 0) is 0 Å². The summed E-state index contributed by atoms with van der Waals surface area (Å²) in [6, 6.07) is 73.9. The van der Waals surface area contributed by atoms with Crippen LogP contribution in [0.25, 0.3) is 45.0 Å². The number of hydrogen-bond donors (Lipinski definition) is 2. The van der Waals surface area contributed by atoms with Crippen LogP contribution in [0.15, 0.2) is 239 Å². The molecule has 65 heavy (non-hydrogen) atoms. The van der Waals surface area contributed by atoms with Crippen LogP contribution in [0.3, 0.4) is 0 Å². The van der Waals surface area contributed by atoms with Crippen LogP contribution < -0.4 is 11.5 Å². The third-order valence-corrected chi connectivity index (χ3v) is 11.3. The number of carbonyl (C=O) groups is 2. The number of ketones is 2. The van der Waals surface area contributed by atoms with Crippen molar-refractivity contribution in [1.29, 1.82) is 0 Å². The lowest BCUT2D eigenvalue weighted by Gasteiger charge is -2.20. The van der Waals surface area contributed by atoms with Gasteiger partial charge in [-0.2, -0.15) is 0 Å². The monoisotopic (exact) mass is 978 g/mol. The van der Waals surface area contributed by atoms with Crippen molar-refractivity contribution in [2.75, 3.05) is 0 Å². The zero-order chi connectivity index (χ0) is 44.7. The van der Waals surface area contributed by atoms with E-state index in [1.807, 2.05) is 127 Å². The summed E-state index contributed by atoms with van der Waals surface area (Å²) in [7, 11) is 0. The molecule has 8 heteroatoms. The van der Waals surface area contributed by atoms with Crippen molar-refractivity contribution in [3.05, 3.63) is 262 Å². The number of rotatable bonds is 10. The Bertz CT molecular complexity index is 2830. The molecule has 0 saturated heterocycles. The van der Waals surface area contributed by atoms with Gasteiger partial charge in [-0.25, -0.2) is 9.97 Å². The molecule has 0 spiro atoms. The van der Waals surface area contributed by atoms with Crippen molar-refractivity contribution in [3.63, 3.8) is 0 Å². The van der Waals surface area contributed by atoms with Crippen molar-refractivity contribution in [3.8, 4) is 45.0 Å². The van der Waals surface area contributed by atoms with E-state index in [1.54, 1.807) is 54.6 Å². The van der Waals surface area contributed by atoms with Crippen molar-refractivity contribution in [2.24, 2.45) is 11.5 Å². The van der Waals surface area contributed by atoms with Crippen LogP contribution in [0, 0.1) is 0 Å². The van der Waals surface area contributed by atoms with E-state index in [9.17, 15) is 9.59 Å². The number of hydrogen-bond acceptors (Lipinski definition) is 6.